The molecule has 0 fully saturated rings. The van der Waals surface area contributed by atoms with Crippen LogP contribution >= 0.6 is 0 Å². The maximum atomic E-state index is 8.94. The zero-order chi connectivity index (χ0) is 44.5. The molecule has 0 saturated carbocycles. The number of aryl methyl sites for hydroxylation is 3. The number of aromatic nitrogens is 2. The second-order valence-corrected chi connectivity index (χ2v) is 17.7. The van der Waals surface area contributed by atoms with E-state index >= 15 is 0 Å². The van der Waals surface area contributed by atoms with Crippen LogP contribution in [0.15, 0.2) is 109 Å². The summed E-state index contributed by atoms with van der Waals surface area (Å²) in [4.78, 5) is 8.63. The molecule has 1 aliphatic heterocycles. The van der Waals surface area contributed by atoms with Crippen LogP contribution < -0.4 is 9.61 Å². The zero-order valence-electron chi connectivity index (χ0n) is 40.0. The van der Waals surface area contributed by atoms with E-state index in [0.29, 0.717) is 28.3 Å². The second kappa shape index (κ2) is 14.3. The molecule has 3 heterocycles. The van der Waals surface area contributed by atoms with Gasteiger partial charge in [-0.2, -0.15) is 0 Å². The van der Waals surface area contributed by atoms with E-state index in [1.807, 2.05) is 12.1 Å². The van der Waals surface area contributed by atoms with Crippen molar-refractivity contribution in [1.29, 1.82) is 0 Å². The molecule has 0 atom stereocenters. The number of benzene rings is 5. The van der Waals surface area contributed by atoms with Crippen LogP contribution in [0.3, 0.4) is 0 Å². The van der Waals surface area contributed by atoms with E-state index < -0.39 is 40.7 Å². The van der Waals surface area contributed by atoms with Gasteiger partial charge in [0, 0.05) is 53.3 Å². The molecule has 0 amide bonds. The van der Waals surface area contributed by atoms with Crippen LogP contribution in [-0.2, 0) is 26.5 Å². The van der Waals surface area contributed by atoms with Crippen molar-refractivity contribution in [2.45, 2.75) is 60.8 Å². The molecule has 1 radical (unpaired) electrons. The Labute approximate surface area is 333 Å². The van der Waals surface area contributed by atoms with Crippen molar-refractivity contribution in [3.63, 3.8) is 0 Å². The Hall–Kier alpha value is -4.41. The topological polar surface area (TPSA) is 35.0 Å². The van der Waals surface area contributed by atoms with E-state index in [1.165, 1.54) is 57.3 Å². The van der Waals surface area contributed by atoms with Gasteiger partial charge >= 0.3 is 0 Å². The quantitative estimate of drug-likeness (QED) is 0.101. The molecule has 7 aromatic rings. The Balaban J connectivity index is 0.000000258. The Morgan fingerprint density at radius 3 is 2.27 bits per heavy atom. The summed E-state index contributed by atoms with van der Waals surface area (Å²) in [7, 11) is -2.54. The standard InChI is InChI=1S/C33H32NOSi.C13H12N.Ir/c1-21-20-34-29(18-24(21)19-33(2,3)4)28-13-9-12-26-27-17-16-23-15-14-22-10-7-8-11-25(22)30(23)32(27)36(5,6)35-31(26)28;1-10-3-6-12(7-4-10)13-8-5-11(2)9-14-13;/h7-12,14-18,20H,19H2,1-6H3;3-6,8-9H,1-2H3;/q2*-1;/i1D3,19D2;1D3,2D3;. The van der Waals surface area contributed by atoms with Crippen LogP contribution in [0.5, 0.6) is 5.75 Å². The molecule has 259 valence electrons. The van der Waals surface area contributed by atoms with Gasteiger partial charge in [-0.1, -0.05) is 111 Å². The molecule has 5 aromatic carbocycles. The van der Waals surface area contributed by atoms with Gasteiger partial charge in [0.05, 0.1) is 0 Å². The minimum Gasteiger partial charge on any atom is -0.583 e. The first-order valence-electron chi connectivity index (χ1n) is 22.0. The second-order valence-electron chi connectivity index (χ2n) is 14.0. The number of nitrogens with zero attached hydrogens (tertiary/aromatic N) is 2. The molecule has 2 aromatic heterocycles. The number of fused-ring (bicyclic) bond motifs is 7. The molecule has 51 heavy (non-hydrogen) atoms. The van der Waals surface area contributed by atoms with Crippen molar-refractivity contribution in [3.8, 4) is 39.4 Å². The van der Waals surface area contributed by atoms with E-state index in [-0.39, 0.29) is 42.4 Å². The third-order valence-electron chi connectivity index (χ3n) is 8.63. The van der Waals surface area contributed by atoms with Crippen molar-refractivity contribution in [2.24, 2.45) is 5.41 Å². The molecule has 0 bridgehead atoms. The van der Waals surface area contributed by atoms with Crippen LogP contribution in [-0.4, -0.2) is 18.3 Å². The molecule has 0 aliphatic carbocycles. The summed E-state index contributed by atoms with van der Waals surface area (Å²) in [5.41, 5.74) is 3.83. The van der Waals surface area contributed by atoms with Crippen molar-refractivity contribution < 1.29 is 39.6 Å². The predicted molar refractivity (Wildman–Crippen MR) is 213 cm³/mol. The smallest absolute Gasteiger partial charge is 0.265 e. The van der Waals surface area contributed by atoms with Gasteiger partial charge in [-0.25, -0.2) is 0 Å². The van der Waals surface area contributed by atoms with E-state index in [9.17, 15) is 0 Å². The number of pyridine rings is 2. The largest absolute Gasteiger partial charge is 0.583 e. The molecule has 0 unspecified atom stereocenters. The molecular weight excluding hydrogens is 817 g/mol. The molecule has 3 nitrogen and oxygen atoms in total. The Bertz CT molecular complexity index is 2720. The fourth-order valence-corrected chi connectivity index (χ4v) is 9.05. The van der Waals surface area contributed by atoms with E-state index in [2.05, 4.69) is 83.7 Å². The fourth-order valence-electron chi connectivity index (χ4n) is 6.48. The summed E-state index contributed by atoms with van der Waals surface area (Å²) in [5, 5.41) is 6.03. The molecule has 5 heteroatoms. The van der Waals surface area contributed by atoms with Crippen molar-refractivity contribution in [2.75, 3.05) is 0 Å². The van der Waals surface area contributed by atoms with Gasteiger partial charge in [0.25, 0.3) is 8.32 Å². The first-order chi connectivity index (χ1) is 28.3. The fraction of sp³-hybridized carbons (Fsp3) is 0.217. The summed E-state index contributed by atoms with van der Waals surface area (Å²) in [6.07, 6.45) is 0.673. The Morgan fingerprint density at radius 1 is 0.784 bits per heavy atom. The molecule has 0 spiro atoms. The number of hydrogen-bond donors (Lipinski definition) is 0. The first-order valence-corrected chi connectivity index (χ1v) is 19.4. The minimum absolute atomic E-state index is 0. The molecule has 1 aliphatic rings. The van der Waals surface area contributed by atoms with Crippen LogP contribution in [0.1, 0.15) is 58.1 Å². The summed E-state index contributed by atoms with van der Waals surface area (Å²) in [5.74, 6) is 0.660. The summed E-state index contributed by atoms with van der Waals surface area (Å²) in [6, 6.07) is 36.3. The summed E-state index contributed by atoms with van der Waals surface area (Å²) in [6.45, 7) is 2.86. The van der Waals surface area contributed by atoms with Crippen LogP contribution in [0.25, 0.3) is 55.2 Å². The van der Waals surface area contributed by atoms with Gasteiger partial charge in [-0.15, -0.1) is 53.6 Å². The van der Waals surface area contributed by atoms with E-state index in [1.54, 1.807) is 39.0 Å². The van der Waals surface area contributed by atoms with Crippen LogP contribution in [0, 0.1) is 38.1 Å². The van der Waals surface area contributed by atoms with Gasteiger partial charge < -0.3 is 14.4 Å². The maximum absolute atomic E-state index is 8.94. The van der Waals surface area contributed by atoms with Gasteiger partial charge in [-0.3, -0.25) is 0 Å². The normalized spacial score (nSPS) is 17.2. The van der Waals surface area contributed by atoms with Gasteiger partial charge in [0.2, 0.25) is 0 Å². The number of hydrogen-bond acceptors (Lipinski definition) is 3. The van der Waals surface area contributed by atoms with E-state index in [0.717, 1.165) is 11.1 Å². The Kier molecular flexibility index (Phi) is 6.93. The first kappa shape index (κ1) is 24.7. The molecular formula is C46H44IrN2OSi-2. The maximum Gasteiger partial charge on any atom is 0.265 e. The molecule has 0 saturated heterocycles. The average molecular weight is 872 g/mol. The van der Waals surface area contributed by atoms with Crippen LogP contribution in [0.4, 0.5) is 0 Å². The SMILES string of the molecule is [2H]C([2H])([2H])c1c[c-]c(-c2ccc(C([2H])([2H])[2H])cn2)cc1.[2H]C([2H])([2H])c1cnc(-c2[c-]ccc3c2O[Si](C)(C)c2c-3ccc3ccc4ccccc4c23)cc1C([2H])([2H])C(C)(C)C.[Ir]. The third kappa shape index (κ3) is 7.48. The third-order valence-corrected chi connectivity index (χ3v) is 11.1. The predicted octanol–water partition coefficient (Wildman–Crippen LogP) is 11.4. The zero-order valence-corrected chi connectivity index (χ0v) is 32.4. The van der Waals surface area contributed by atoms with Gasteiger partial charge in [0.1, 0.15) is 0 Å². The van der Waals surface area contributed by atoms with Crippen molar-refractivity contribution in [3.05, 3.63) is 144 Å². The minimum atomic E-state index is -2.54. The van der Waals surface area contributed by atoms with Crippen molar-refractivity contribution >= 4 is 35.0 Å². The summed E-state index contributed by atoms with van der Waals surface area (Å²) < 4.78 is 92.7. The van der Waals surface area contributed by atoms with E-state index in [4.69, 9.17) is 19.5 Å². The molecule has 8 rings (SSSR count). The number of rotatable bonds is 3. The Morgan fingerprint density at radius 2 is 1.55 bits per heavy atom. The van der Waals surface area contributed by atoms with Gasteiger partial charge in [0.15, 0.2) is 0 Å². The molecule has 0 N–H and O–H groups in total. The van der Waals surface area contributed by atoms with Crippen LogP contribution in [0.2, 0.25) is 13.1 Å². The summed E-state index contributed by atoms with van der Waals surface area (Å²) >= 11 is 0. The van der Waals surface area contributed by atoms with Gasteiger partial charge in [-0.05, 0) is 93.4 Å². The van der Waals surface area contributed by atoms with Crippen molar-refractivity contribution in [1.82, 2.24) is 9.97 Å². The monoisotopic (exact) mass is 872 g/mol. The average Bonchev–Trinajstić information content (AvgIpc) is 3.19.